The van der Waals surface area contributed by atoms with Gasteiger partial charge in [-0.2, -0.15) is 0 Å². The molecule has 0 aromatic heterocycles. The molecule has 34 heavy (non-hydrogen) atoms. The summed E-state index contributed by atoms with van der Waals surface area (Å²) in [5.74, 6) is -0.453. The third kappa shape index (κ3) is 3.65. The molecule has 5 heteroatoms. The highest BCUT2D eigenvalue weighted by atomic mass is 16.4. The number of Topliss-reactive ketones (excluding diaryl/α,β-unsaturated/α-hetero) is 3. The summed E-state index contributed by atoms with van der Waals surface area (Å²) < 4.78 is 0. The molecule has 0 radical (unpaired) electrons. The number of carbonyl (C=O) groups is 4. The van der Waals surface area contributed by atoms with Crippen LogP contribution in [0.5, 0.6) is 0 Å². The van der Waals surface area contributed by atoms with Crippen molar-refractivity contribution in [1.82, 2.24) is 0 Å². The van der Waals surface area contributed by atoms with Crippen LogP contribution in [0, 0.1) is 46.3 Å². The van der Waals surface area contributed by atoms with Crippen molar-refractivity contribution in [3.05, 3.63) is 23.3 Å². The van der Waals surface area contributed by atoms with Gasteiger partial charge in [-0.1, -0.05) is 39.8 Å². The monoisotopic (exact) mass is 468 g/mol. The third-order valence-electron chi connectivity index (χ3n) is 10.5. The van der Waals surface area contributed by atoms with Crippen molar-refractivity contribution in [3.63, 3.8) is 0 Å². The van der Waals surface area contributed by atoms with E-state index in [1.807, 2.05) is 6.92 Å². The zero-order valence-corrected chi connectivity index (χ0v) is 21.4. The second-order valence-corrected chi connectivity index (χ2v) is 12.3. The Morgan fingerprint density at radius 3 is 2.47 bits per heavy atom. The van der Waals surface area contributed by atoms with Gasteiger partial charge in [0.15, 0.2) is 11.6 Å². The van der Waals surface area contributed by atoms with Crippen molar-refractivity contribution in [1.29, 1.82) is 0 Å². The molecule has 8 atom stereocenters. The number of fused-ring (bicyclic) bond motifs is 4. The fourth-order valence-electron chi connectivity index (χ4n) is 8.25. The van der Waals surface area contributed by atoms with E-state index < -0.39 is 11.9 Å². The SMILES string of the molecule is C=C(CC[C@@H](C)[C@H]1CC[C@H]2C3=C(C(=O)C[C@]12C)[C@@]1(C)CCC(=O)[C@@H](C)[C@H]1CC3=O)[C@H](C)C(=O)O. The van der Waals surface area contributed by atoms with Crippen molar-refractivity contribution in [2.75, 3.05) is 0 Å². The van der Waals surface area contributed by atoms with Crippen molar-refractivity contribution in [2.45, 2.75) is 86.0 Å². The minimum Gasteiger partial charge on any atom is -0.481 e. The maximum atomic E-state index is 13.8. The van der Waals surface area contributed by atoms with Crippen LogP contribution in [0.4, 0.5) is 0 Å². The Labute approximate surface area is 203 Å². The number of ketones is 3. The number of carboxylic acids is 1. The summed E-state index contributed by atoms with van der Waals surface area (Å²) in [6, 6.07) is 0. The molecule has 0 amide bonds. The summed E-state index contributed by atoms with van der Waals surface area (Å²) >= 11 is 0. The van der Waals surface area contributed by atoms with E-state index in [4.69, 9.17) is 0 Å². The Balaban J connectivity index is 1.61. The van der Waals surface area contributed by atoms with E-state index in [1.165, 1.54) is 0 Å². The van der Waals surface area contributed by atoms with E-state index in [2.05, 4.69) is 27.4 Å². The molecule has 0 bridgehead atoms. The minimum atomic E-state index is -0.843. The summed E-state index contributed by atoms with van der Waals surface area (Å²) in [6.07, 6.45) is 5.43. The first-order chi connectivity index (χ1) is 15.8. The molecule has 1 N–H and O–H groups in total. The normalized spacial score (nSPS) is 39.3. The van der Waals surface area contributed by atoms with Crippen LogP contribution in [0.2, 0.25) is 0 Å². The van der Waals surface area contributed by atoms with E-state index in [-0.39, 0.29) is 45.9 Å². The third-order valence-corrected chi connectivity index (χ3v) is 10.5. The van der Waals surface area contributed by atoms with E-state index in [1.54, 1.807) is 6.92 Å². The van der Waals surface area contributed by atoms with Crippen molar-refractivity contribution in [2.24, 2.45) is 46.3 Å². The van der Waals surface area contributed by atoms with Gasteiger partial charge in [-0.15, -0.1) is 0 Å². The van der Waals surface area contributed by atoms with E-state index in [0.717, 1.165) is 36.0 Å². The first-order valence-electron chi connectivity index (χ1n) is 13.1. The van der Waals surface area contributed by atoms with Crippen LogP contribution in [-0.4, -0.2) is 28.4 Å². The Bertz CT molecular complexity index is 988. The van der Waals surface area contributed by atoms with Crippen LogP contribution in [0.25, 0.3) is 0 Å². The smallest absolute Gasteiger partial charge is 0.310 e. The van der Waals surface area contributed by atoms with E-state index in [0.29, 0.717) is 43.9 Å². The zero-order chi connectivity index (χ0) is 25.2. The summed E-state index contributed by atoms with van der Waals surface area (Å²) in [4.78, 5) is 51.1. The highest BCUT2D eigenvalue weighted by Gasteiger charge is 2.61. The van der Waals surface area contributed by atoms with Crippen LogP contribution in [0.3, 0.4) is 0 Å². The topological polar surface area (TPSA) is 88.5 Å². The number of hydrogen-bond acceptors (Lipinski definition) is 4. The summed E-state index contributed by atoms with van der Waals surface area (Å²) in [5.41, 5.74) is 1.70. The molecule has 0 aromatic rings. The van der Waals surface area contributed by atoms with E-state index >= 15 is 0 Å². The van der Waals surface area contributed by atoms with Gasteiger partial charge in [-0.25, -0.2) is 0 Å². The first-order valence-corrected chi connectivity index (χ1v) is 13.1. The molecule has 4 rings (SSSR count). The molecule has 0 spiro atoms. The number of allylic oxidation sites excluding steroid dienone is 2. The highest BCUT2D eigenvalue weighted by molar-refractivity contribution is 6.11. The van der Waals surface area contributed by atoms with Crippen LogP contribution < -0.4 is 0 Å². The quantitative estimate of drug-likeness (QED) is 0.514. The Hall–Kier alpha value is -2.04. The number of carbonyl (C=O) groups excluding carboxylic acids is 3. The Kier molecular flexibility index (Phi) is 6.31. The Morgan fingerprint density at radius 2 is 1.82 bits per heavy atom. The maximum absolute atomic E-state index is 13.8. The fraction of sp³-hybridized carbons (Fsp3) is 0.724. The van der Waals surface area contributed by atoms with Gasteiger partial charge < -0.3 is 5.11 Å². The molecular weight excluding hydrogens is 428 g/mol. The van der Waals surface area contributed by atoms with Gasteiger partial charge in [-0.05, 0) is 68.1 Å². The van der Waals surface area contributed by atoms with Gasteiger partial charge in [0.1, 0.15) is 5.78 Å². The van der Waals surface area contributed by atoms with E-state index in [9.17, 15) is 24.3 Å². The molecule has 0 aromatic carbocycles. The lowest BCUT2D eigenvalue weighted by Crippen LogP contribution is -2.53. The predicted octanol–water partition coefficient (Wildman–Crippen LogP) is 5.58. The molecule has 186 valence electrons. The Morgan fingerprint density at radius 1 is 1.15 bits per heavy atom. The first kappa shape index (κ1) is 25.1. The lowest BCUT2D eigenvalue weighted by Gasteiger charge is -2.53. The lowest BCUT2D eigenvalue weighted by molar-refractivity contribution is -0.140. The summed E-state index contributed by atoms with van der Waals surface area (Å²) in [6.45, 7) is 14.2. The molecular formula is C29H40O5. The molecule has 0 heterocycles. The maximum Gasteiger partial charge on any atom is 0.310 e. The molecule has 4 aliphatic rings. The molecule has 4 aliphatic carbocycles. The number of rotatable bonds is 6. The largest absolute Gasteiger partial charge is 0.481 e. The number of hydrogen-bond donors (Lipinski definition) is 1. The van der Waals surface area contributed by atoms with Crippen LogP contribution in [0.1, 0.15) is 86.0 Å². The van der Waals surface area contributed by atoms with Gasteiger partial charge in [-0.3, -0.25) is 19.2 Å². The second-order valence-electron chi connectivity index (χ2n) is 12.3. The van der Waals surface area contributed by atoms with Gasteiger partial charge >= 0.3 is 5.97 Å². The number of carboxylic acid groups (broad SMARTS) is 1. The number of aliphatic carboxylic acids is 1. The molecule has 2 fully saturated rings. The fourth-order valence-corrected chi connectivity index (χ4v) is 8.25. The van der Waals surface area contributed by atoms with Crippen molar-refractivity contribution >= 4 is 23.3 Å². The average molecular weight is 469 g/mol. The molecule has 0 saturated heterocycles. The zero-order valence-electron chi connectivity index (χ0n) is 21.4. The standard InChI is InChI=1S/C29H40O5/c1-15(17(3)27(33)34)7-8-16(2)19-9-10-20-25-23(31)13-21-18(4)22(30)11-12-28(21,5)26(25)24(32)14-29(19,20)6/h16-21H,1,7-14H2,2-6H3,(H,33,34)/t16-,17+,18+,19-,20+,21-,28+,29-/m1/s1. The lowest BCUT2D eigenvalue weighted by atomic mass is 9.48. The molecule has 5 nitrogen and oxygen atoms in total. The predicted molar refractivity (Wildman–Crippen MR) is 130 cm³/mol. The highest BCUT2D eigenvalue weighted by Crippen LogP contribution is 2.64. The molecule has 2 saturated carbocycles. The minimum absolute atomic E-state index is 0.0633. The van der Waals surface area contributed by atoms with Gasteiger partial charge in [0.2, 0.25) is 0 Å². The van der Waals surface area contributed by atoms with Gasteiger partial charge in [0.25, 0.3) is 0 Å². The van der Waals surface area contributed by atoms with Gasteiger partial charge in [0, 0.05) is 41.7 Å². The van der Waals surface area contributed by atoms with Crippen molar-refractivity contribution < 1.29 is 24.3 Å². The second kappa shape index (κ2) is 8.57. The van der Waals surface area contributed by atoms with Crippen LogP contribution >= 0.6 is 0 Å². The summed E-state index contributed by atoms with van der Waals surface area (Å²) in [5, 5.41) is 9.27. The average Bonchev–Trinajstić information content (AvgIpc) is 3.11. The molecule has 0 unspecified atom stereocenters. The van der Waals surface area contributed by atoms with Crippen LogP contribution in [0.15, 0.2) is 23.3 Å². The van der Waals surface area contributed by atoms with Gasteiger partial charge in [0.05, 0.1) is 5.92 Å². The van der Waals surface area contributed by atoms with Crippen molar-refractivity contribution in [3.8, 4) is 0 Å². The van der Waals surface area contributed by atoms with Crippen LogP contribution in [-0.2, 0) is 19.2 Å². The summed E-state index contributed by atoms with van der Waals surface area (Å²) in [7, 11) is 0. The molecule has 0 aliphatic heterocycles.